The molecule has 1 aliphatic heterocycles. The molecule has 42 heavy (non-hydrogen) atoms. The number of hydrogen-bond acceptors (Lipinski definition) is 8. The summed E-state index contributed by atoms with van der Waals surface area (Å²) < 4.78 is 114. The number of thioether (sulfide) groups is 1. The third-order valence-corrected chi connectivity index (χ3v) is 3.61. The van der Waals surface area contributed by atoms with Crippen LogP contribution in [0.15, 0.2) is 24.5 Å². The van der Waals surface area contributed by atoms with Gasteiger partial charge in [0, 0.05) is 17.6 Å². The maximum absolute atomic E-state index is 10.4. The van der Waals surface area contributed by atoms with Crippen LogP contribution in [0.3, 0.4) is 0 Å². The first-order valence-electron chi connectivity index (χ1n) is 8.96. The normalized spacial score (nSPS) is 15.0. The standard InChI is InChI=1S/C10H13NS.6FH2O3P/c1-3-9(8-11-5-1)7-10-4-2-6-12-10;6*1-5(2,3)4/h1,3,5,8,10H,2,4,6-7H2;6*(H2,2,3,4). The van der Waals surface area contributed by atoms with Gasteiger partial charge in [-0.2, -0.15) is 11.8 Å². The predicted molar refractivity (Wildman–Crippen MR) is 132 cm³/mol. The molecule has 256 valence electrons. The van der Waals surface area contributed by atoms with Gasteiger partial charge >= 0.3 is 47.4 Å². The molecule has 2 heterocycles. The molecule has 1 unspecified atom stereocenters. The Morgan fingerprint density at radius 3 is 1.12 bits per heavy atom. The van der Waals surface area contributed by atoms with E-state index >= 15 is 0 Å². The Kier molecular flexibility index (Phi) is 29.8. The summed E-state index contributed by atoms with van der Waals surface area (Å²) in [6, 6.07) is 4.20. The van der Waals surface area contributed by atoms with Gasteiger partial charge in [-0.25, -0.2) is 27.4 Å². The molecular weight excluding hydrogens is 754 g/mol. The Morgan fingerprint density at radius 1 is 0.643 bits per heavy atom. The van der Waals surface area contributed by atoms with E-state index in [1.54, 1.807) is 0 Å². The fourth-order valence-corrected chi connectivity index (χ4v) is 2.90. The van der Waals surface area contributed by atoms with Crippen molar-refractivity contribution in [3.63, 3.8) is 0 Å². The van der Waals surface area contributed by atoms with Crippen molar-refractivity contribution in [1.29, 1.82) is 0 Å². The number of pyridine rings is 1. The molecule has 32 heteroatoms. The molecule has 1 saturated heterocycles. The molecule has 1 aromatic rings. The summed E-state index contributed by atoms with van der Waals surface area (Å²) in [6.45, 7) is 0. The SMILES string of the molecule is O=P(O)(O)F.O=P(O)(O)F.O=P(O)(O)F.O=P(O)(O)F.O=P(O)(O)F.O=P(O)(O)F.c1cncc(CC2CCCS2)c1. The van der Waals surface area contributed by atoms with Gasteiger partial charge in [-0.3, -0.25) is 63.7 Å². The maximum atomic E-state index is 10.4. The Hall–Kier alpha value is -0.0200. The fourth-order valence-electron chi connectivity index (χ4n) is 1.59. The summed E-state index contributed by atoms with van der Waals surface area (Å²) in [5, 5.41) is 0.856. The van der Waals surface area contributed by atoms with Crippen LogP contribution in [-0.4, -0.2) is 74.7 Å². The Bertz CT molecular complexity index is 893. The number of hydrogen-bond donors (Lipinski definition) is 12. The van der Waals surface area contributed by atoms with Gasteiger partial charge in [0.15, 0.2) is 0 Å². The number of aromatic nitrogens is 1. The molecule has 1 atom stereocenters. The van der Waals surface area contributed by atoms with Crippen LogP contribution in [0.5, 0.6) is 0 Å². The lowest BCUT2D eigenvalue weighted by atomic mass is 10.1. The predicted octanol–water partition coefficient (Wildman–Crippen LogP) is 2.81. The Balaban J connectivity index is -0.000000133. The molecule has 0 aromatic carbocycles. The van der Waals surface area contributed by atoms with E-state index < -0.39 is 47.4 Å². The summed E-state index contributed by atoms with van der Waals surface area (Å²) >= 11 is 2.11. The average molecular weight is 779 g/mol. The number of rotatable bonds is 2. The van der Waals surface area contributed by atoms with Crippen LogP contribution in [0.1, 0.15) is 18.4 Å². The van der Waals surface area contributed by atoms with E-state index in [1.807, 2.05) is 18.5 Å². The van der Waals surface area contributed by atoms with Crippen LogP contribution in [0, 0.1) is 0 Å². The summed E-state index contributed by atoms with van der Waals surface area (Å²) in [7, 11) is -30.8. The Morgan fingerprint density at radius 2 is 0.929 bits per heavy atom. The highest BCUT2D eigenvalue weighted by Crippen LogP contribution is 2.37. The van der Waals surface area contributed by atoms with E-state index in [0.29, 0.717) is 0 Å². The van der Waals surface area contributed by atoms with Gasteiger partial charge in [0.1, 0.15) is 0 Å². The molecule has 1 aromatic heterocycles. The second-order valence-electron chi connectivity index (χ2n) is 6.04. The minimum Gasteiger partial charge on any atom is -0.299 e. The van der Waals surface area contributed by atoms with Gasteiger partial charge in [0.2, 0.25) is 0 Å². The van der Waals surface area contributed by atoms with Crippen LogP contribution >= 0.6 is 59.2 Å². The van der Waals surface area contributed by atoms with Crippen molar-refractivity contribution in [2.75, 3.05) is 5.75 Å². The summed E-state index contributed by atoms with van der Waals surface area (Å²) in [5.41, 5.74) is 1.39. The first-order valence-corrected chi connectivity index (χ1v) is 19.0. The van der Waals surface area contributed by atoms with E-state index in [4.69, 9.17) is 86.1 Å². The van der Waals surface area contributed by atoms with Gasteiger partial charge in [0.25, 0.3) is 0 Å². The minimum atomic E-state index is -5.14. The van der Waals surface area contributed by atoms with E-state index in [2.05, 4.69) is 22.8 Å². The molecule has 0 spiro atoms. The number of nitrogens with zero attached hydrogens (tertiary/aromatic N) is 1. The van der Waals surface area contributed by atoms with Crippen molar-refractivity contribution >= 4 is 59.2 Å². The molecule has 0 saturated carbocycles. The van der Waals surface area contributed by atoms with Gasteiger partial charge < -0.3 is 0 Å². The van der Waals surface area contributed by atoms with E-state index in [1.165, 1.54) is 30.6 Å². The molecule has 0 amide bonds. The third kappa shape index (κ3) is 169. The lowest BCUT2D eigenvalue weighted by Crippen LogP contribution is -2.01. The van der Waals surface area contributed by atoms with Gasteiger partial charge in [-0.1, -0.05) is 6.07 Å². The van der Waals surface area contributed by atoms with Crippen molar-refractivity contribution in [3.05, 3.63) is 30.1 Å². The lowest BCUT2D eigenvalue weighted by Gasteiger charge is -2.06. The van der Waals surface area contributed by atoms with Crippen molar-refractivity contribution < 1.29 is 111 Å². The van der Waals surface area contributed by atoms with Gasteiger partial charge in [0.05, 0.1) is 0 Å². The van der Waals surface area contributed by atoms with E-state index in [-0.39, 0.29) is 0 Å². The molecule has 2 rings (SSSR count). The van der Waals surface area contributed by atoms with Gasteiger partial charge in [-0.15, -0.1) is 25.2 Å². The van der Waals surface area contributed by atoms with Crippen LogP contribution < -0.4 is 0 Å². The molecule has 1 aliphatic rings. The Labute approximate surface area is 236 Å². The molecule has 19 nitrogen and oxygen atoms in total. The van der Waals surface area contributed by atoms with Crippen LogP contribution in [-0.2, 0) is 33.8 Å². The molecule has 0 aliphatic carbocycles. The summed E-state index contributed by atoms with van der Waals surface area (Å²) in [6.07, 6.45) is 7.82. The third-order valence-electron chi connectivity index (χ3n) is 2.21. The van der Waals surface area contributed by atoms with Crippen molar-refractivity contribution in [1.82, 2.24) is 4.98 Å². The average Bonchev–Trinajstić information content (AvgIpc) is 3.06. The second kappa shape index (κ2) is 24.2. The zero-order valence-electron chi connectivity index (χ0n) is 19.8. The molecule has 0 radical (unpaired) electrons. The first kappa shape index (κ1) is 51.6. The van der Waals surface area contributed by atoms with Crippen molar-refractivity contribution in [3.8, 4) is 0 Å². The van der Waals surface area contributed by atoms with Crippen molar-refractivity contribution in [2.24, 2.45) is 0 Å². The largest absolute Gasteiger partial charge is 0.507 e. The van der Waals surface area contributed by atoms with E-state index in [9.17, 15) is 25.2 Å². The summed E-state index contributed by atoms with van der Waals surface area (Å²) in [5.74, 6) is 1.35. The quantitative estimate of drug-likeness (QED) is 0.152. The molecule has 0 bridgehead atoms. The summed E-state index contributed by atoms with van der Waals surface area (Å²) in [4.78, 5) is 87.7. The molecule has 12 N–H and O–H groups in total. The topological polar surface area (TPSA) is 358 Å². The highest BCUT2D eigenvalue weighted by atomic mass is 32.2. The van der Waals surface area contributed by atoms with Crippen LogP contribution in [0.25, 0.3) is 0 Å². The number of halogens is 6. The fraction of sp³-hybridized carbons (Fsp3) is 0.500. The van der Waals surface area contributed by atoms with Crippen LogP contribution in [0.2, 0.25) is 0 Å². The highest BCUT2D eigenvalue weighted by Gasteiger charge is 2.15. The monoisotopic (exact) mass is 779 g/mol. The van der Waals surface area contributed by atoms with Crippen molar-refractivity contribution in [2.45, 2.75) is 24.5 Å². The minimum absolute atomic E-state index is 0.856. The van der Waals surface area contributed by atoms with Crippen LogP contribution in [0.4, 0.5) is 25.2 Å². The van der Waals surface area contributed by atoms with Gasteiger partial charge in [-0.05, 0) is 36.6 Å². The smallest absolute Gasteiger partial charge is 0.299 e. The highest BCUT2D eigenvalue weighted by molar-refractivity contribution is 8.00. The first-order chi connectivity index (χ1) is 17.9. The molecular formula is C10H25F6NO18P6S. The maximum Gasteiger partial charge on any atom is 0.507 e. The lowest BCUT2D eigenvalue weighted by molar-refractivity contribution is 0.320. The zero-order valence-corrected chi connectivity index (χ0v) is 26.0. The second-order valence-corrected chi connectivity index (χ2v) is 13.1. The molecule has 1 fully saturated rings. The van der Waals surface area contributed by atoms with E-state index in [0.717, 1.165) is 5.25 Å². The zero-order chi connectivity index (χ0) is 35.2.